The van der Waals surface area contributed by atoms with Gasteiger partial charge in [0.2, 0.25) is 10.0 Å². The van der Waals surface area contributed by atoms with Crippen LogP contribution in [0.5, 0.6) is 5.75 Å². The predicted octanol–water partition coefficient (Wildman–Crippen LogP) is 1.02. The average molecular weight is 329 g/mol. The summed E-state index contributed by atoms with van der Waals surface area (Å²) in [6.45, 7) is 3.20. The van der Waals surface area contributed by atoms with Gasteiger partial charge in [0.25, 0.3) is 5.69 Å². The molecule has 0 radical (unpaired) electrons. The lowest BCUT2D eigenvalue weighted by atomic mass is 9.92. The standard InChI is InChI=1S/C13H19N3O5S/c1-13(5-7-14-8-6-13)15-22(19,20)12-4-3-10(21-2)9-11(12)16(17)18/h3-4,9,14-15H,5-8H2,1-2H3. The second-order valence-corrected chi connectivity index (χ2v) is 7.16. The molecule has 0 spiro atoms. The van der Waals surface area contributed by atoms with Crippen molar-refractivity contribution in [3.05, 3.63) is 28.3 Å². The number of methoxy groups -OCH3 is 1. The molecule has 9 heteroatoms. The van der Waals surface area contributed by atoms with E-state index < -0.39 is 26.2 Å². The summed E-state index contributed by atoms with van der Waals surface area (Å²) in [5.41, 5.74) is -1.11. The molecule has 2 rings (SSSR count). The van der Waals surface area contributed by atoms with Crippen molar-refractivity contribution in [1.29, 1.82) is 0 Å². The molecule has 2 N–H and O–H groups in total. The lowest BCUT2D eigenvalue weighted by Gasteiger charge is -2.34. The first-order chi connectivity index (χ1) is 10.3. The van der Waals surface area contributed by atoms with Gasteiger partial charge in [-0.3, -0.25) is 10.1 Å². The van der Waals surface area contributed by atoms with Crippen molar-refractivity contribution in [3.8, 4) is 5.75 Å². The third-order valence-corrected chi connectivity index (χ3v) is 5.43. The van der Waals surface area contributed by atoms with Gasteiger partial charge in [0.1, 0.15) is 5.75 Å². The van der Waals surface area contributed by atoms with Crippen molar-refractivity contribution >= 4 is 15.7 Å². The highest BCUT2D eigenvalue weighted by Crippen LogP contribution is 2.30. The Morgan fingerprint density at radius 2 is 2.00 bits per heavy atom. The fraction of sp³-hybridized carbons (Fsp3) is 0.538. The normalized spacial score (nSPS) is 17.9. The number of hydrogen-bond acceptors (Lipinski definition) is 6. The topological polar surface area (TPSA) is 111 Å². The summed E-state index contributed by atoms with van der Waals surface area (Å²) in [6.07, 6.45) is 1.24. The molecule has 122 valence electrons. The van der Waals surface area contributed by atoms with E-state index in [0.717, 1.165) is 6.07 Å². The van der Waals surface area contributed by atoms with Gasteiger partial charge < -0.3 is 10.1 Å². The number of hydrogen-bond donors (Lipinski definition) is 2. The van der Waals surface area contributed by atoms with Gasteiger partial charge in [0.15, 0.2) is 4.90 Å². The molecular formula is C13H19N3O5S. The van der Waals surface area contributed by atoms with Gasteiger partial charge in [-0.05, 0) is 45.0 Å². The zero-order valence-electron chi connectivity index (χ0n) is 12.5. The van der Waals surface area contributed by atoms with Crippen LogP contribution in [0.1, 0.15) is 19.8 Å². The maximum atomic E-state index is 12.6. The highest BCUT2D eigenvalue weighted by atomic mass is 32.2. The van der Waals surface area contributed by atoms with Gasteiger partial charge in [0, 0.05) is 5.54 Å². The molecule has 1 fully saturated rings. The molecule has 0 atom stereocenters. The summed E-state index contributed by atoms with van der Waals surface area (Å²) in [5, 5.41) is 14.3. The number of benzene rings is 1. The largest absolute Gasteiger partial charge is 0.497 e. The number of nitro groups is 1. The molecular weight excluding hydrogens is 310 g/mol. The molecule has 8 nitrogen and oxygen atoms in total. The Bertz CT molecular complexity index is 668. The van der Waals surface area contributed by atoms with E-state index in [4.69, 9.17) is 4.74 Å². The molecule has 0 aliphatic carbocycles. The number of nitro benzene ring substituents is 1. The number of sulfonamides is 1. The van der Waals surface area contributed by atoms with Crippen molar-refractivity contribution in [2.45, 2.75) is 30.2 Å². The summed E-state index contributed by atoms with van der Waals surface area (Å²) in [5.74, 6) is 0.235. The van der Waals surface area contributed by atoms with Crippen LogP contribution >= 0.6 is 0 Å². The molecule has 0 saturated carbocycles. The van der Waals surface area contributed by atoms with Crippen LogP contribution in [-0.2, 0) is 10.0 Å². The molecule has 1 aliphatic heterocycles. The Morgan fingerprint density at radius 3 is 2.55 bits per heavy atom. The third kappa shape index (κ3) is 3.54. The van der Waals surface area contributed by atoms with Crippen molar-refractivity contribution in [1.82, 2.24) is 10.0 Å². The number of piperidine rings is 1. The van der Waals surface area contributed by atoms with E-state index in [2.05, 4.69) is 10.0 Å². The van der Waals surface area contributed by atoms with Crippen LogP contribution in [0.15, 0.2) is 23.1 Å². The van der Waals surface area contributed by atoms with E-state index in [1.807, 2.05) is 0 Å². The van der Waals surface area contributed by atoms with Crippen LogP contribution in [0.25, 0.3) is 0 Å². The minimum atomic E-state index is -3.99. The second kappa shape index (κ2) is 6.19. The fourth-order valence-electron chi connectivity index (χ4n) is 2.45. The summed E-state index contributed by atoms with van der Waals surface area (Å²) in [6, 6.07) is 3.70. The maximum absolute atomic E-state index is 12.6. The summed E-state index contributed by atoms with van der Waals surface area (Å²) < 4.78 is 32.6. The Morgan fingerprint density at radius 1 is 1.36 bits per heavy atom. The maximum Gasteiger partial charge on any atom is 0.293 e. The molecule has 1 saturated heterocycles. The second-order valence-electron chi connectivity index (χ2n) is 5.51. The van der Waals surface area contributed by atoms with E-state index in [1.165, 1.54) is 19.2 Å². The zero-order chi connectivity index (χ0) is 16.4. The smallest absolute Gasteiger partial charge is 0.293 e. The van der Waals surface area contributed by atoms with Gasteiger partial charge in [-0.2, -0.15) is 0 Å². The highest BCUT2D eigenvalue weighted by molar-refractivity contribution is 7.89. The van der Waals surface area contributed by atoms with Crippen LogP contribution in [0.3, 0.4) is 0 Å². The summed E-state index contributed by atoms with van der Waals surface area (Å²) >= 11 is 0. The molecule has 0 aromatic heterocycles. The first-order valence-electron chi connectivity index (χ1n) is 6.84. The average Bonchev–Trinajstić information content (AvgIpc) is 2.46. The number of ether oxygens (including phenoxy) is 1. The van der Waals surface area contributed by atoms with Gasteiger partial charge >= 0.3 is 0 Å². The Labute approximate surface area is 129 Å². The van der Waals surface area contributed by atoms with E-state index >= 15 is 0 Å². The van der Waals surface area contributed by atoms with Crippen LogP contribution in [0.2, 0.25) is 0 Å². The summed E-state index contributed by atoms with van der Waals surface area (Å²) in [4.78, 5) is 10.1. The minimum Gasteiger partial charge on any atom is -0.497 e. The molecule has 0 bridgehead atoms. The fourth-order valence-corrected chi connectivity index (χ4v) is 4.07. The molecule has 0 unspecified atom stereocenters. The number of nitrogens with one attached hydrogen (secondary N) is 2. The van der Waals surface area contributed by atoms with Crippen molar-refractivity contribution in [2.75, 3.05) is 20.2 Å². The van der Waals surface area contributed by atoms with Gasteiger partial charge in [-0.25, -0.2) is 13.1 Å². The van der Waals surface area contributed by atoms with Gasteiger partial charge in [0.05, 0.1) is 18.1 Å². The first-order valence-corrected chi connectivity index (χ1v) is 8.33. The Kier molecular flexibility index (Phi) is 4.69. The SMILES string of the molecule is COc1ccc(S(=O)(=O)NC2(C)CCNCC2)c([N+](=O)[O-])c1. The molecule has 0 amide bonds. The molecule has 1 heterocycles. The van der Waals surface area contributed by atoms with E-state index in [-0.39, 0.29) is 10.6 Å². The Hall–Kier alpha value is -1.71. The lowest BCUT2D eigenvalue weighted by molar-refractivity contribution is -0.387. The molecule has 1 aliphatic rings. The van der Waals surface area contributed by atoms with Crippen LogP contribution in [0, 0.1) is 10.1 Å². The van der Waals surface area contributed by atoms with Crippen molar-refractivity contribution < 1.29 is 18.1 Å². The van der Waals surface area contributed by atoms with Crippen molar-refractivity contribution in [2.24, 2.45) is 0 Å². The molecule has 22 heavy (non-hydrogen) atoms. The molecule has 1 aromatic rings. The zero-order valence-corrected chi connectivity index (χ0v) is 13.3. The van der Waals surface area contributed by atoms with Gasteiger partial charge in [-0.15, -0.1) is 0 Å². The first kappa shape index (κ1) is 16.7. The monoisotopic (exact) mass is 329 g/mol. The van der Waals surface area contributed by atoms with Gasteiger partial charge in [-0.1, -0.05) is 0 Å². The quantitative estimate of drug-likeness (QED) is 0.616. The Balaban J connectivity index is 2.38. The van der Waals surface area contributed by atoms with Crippen molar-refractivity contribution in [3.63, 3.8) is 0 Å². The predicted molar refractivity (Wildman–Crippen MR) is 80.5 cm³/mol. The van der Waals surface area contributed by atoms with E-state index in [0.29, 0.717) is 25.9 Å². The third-order valence-electron chi connectivity index (χ3n) is 3.74. The number of nitrogens with zero attached hydrogens (tertiary/aromatic N) is 1. The van der Waals surface area contributed by atoms with Crippen LogP contribution in [-0.4, -0.2) is 39.1 Å². The number of rotatable bonds is 5. The summed E-state index contributed by atoms with van der Waals surface area (Å²) in [7, 11) is -2.63. The minimum absolute atomic E-state index is 0.235. The lowest BCUT2D eigenvalue weighted by Crippen LogP contribution is -2.52. The van der Waals surface area contributed by atoms with Crippen LogP contribution < -0.4 is 14.8 Å². The molecule has 1 aromatic carbocycles. The van der Waals surface area contributed by atoms with Crippen LogP contribution in [0.4, 0.5) is 5.69 Å². The van der Waals surface area contributed by atoms with E-state index in [1.54, 1.807) is 6.92 Å². The highest BCUT2D eigenvalue weighted by Gasteiger charge is 2.35. The van der Waals surface area contributed by atoms with E-state index in [9.17, 15) is 18.5 Å².